The van der Waals surface area contributed by atoms with Gasteiger partial charge >= 0.3 is 0 Å². The molecule has 0 fully saturated rings. The molecule has 0 radical (unpaired) electrons. The van der Waals surface area contributed by atoms with E-state index in [2.05, 4.69) is 20.4 Å². The summed E-state index contributed by atoms with van der Waals surface area (Å²) in [5.41, 5.74) is 0. The molecule has 0 rings (SSSR count). The molecule has 0 heteroatoms. The van der Waals surface area contributed by atoms with Crippen molar-refractivity contribution in [3.8, 4) is 0 Å². The summed E-state index contributed by atoms with van der Waals surface area (Å²) >= 11 is 0. The van der Waals surface area contributed by atoms with Crippen LogP contribution in [0.25, 0.3) is 0 Å². The fourth-order valence-corrected chi connectivity index (χ4v) is 2.96. The van der Waals surface area contributed by atoms with Gasteiger partial charge in [0, 0.05) is 0 Å². The minimum Gasteiger partial charge on any atom is -0.103 e. The first-order valence-corrected chi connectivity index (χ1v) is 9.88. The SMILES string of the molecule is C=CCCCCCCCCCCCCCCCCC(C)C. The van der Waals surface area contributed by atoms with E-state index in [4.69, 9.17) is 0 Å². The molecule has 0 aromatic carbocycles. The van der Waals surface area contributed by atoms with E-state index >= 15 is 0 Å². The molecule has 21 heavy (non-hydrogen) atoms. The van der Waals surface area contributed by atoms with Gasteiger partial charge in [0.15, 0.2) is 0 Å². The van der Waals surface area contributed by atoms with E-state index in [0.717, 1.165) is 5.92 Å². The van der Waals surface area contributed by atoms with E-state index in [-0.39, 0.29) is 0 Å². The lowest BCUT2D eigenvalue weighted by Gasteiger charge is -2.05. The van der Waals surface area contributed by atoms with Crippen LogP contribution in [0.15, 0.2) is 12.7 Å². The molecule has 0 spiro atoms. The Labute approximate surface area is 135 Å². The minimum atomic E-state index is 0.895. The first-order valence-electron chi connectivity index (χ1n) is 9.88. The molecule has 0 N–H and O–H groups in total. The lowest BCUT2D eigenvalue weighted by Crippen LogP contribution is -1.87. The van der Waals surface area contributed by atoms with Gasteiger partial charge in [-0.25, -0.2) is 0 Å². The Balaban J connectivity index is 2.95. The fourth-order valence-electron chi connectivity index (χ4n) is 2.96. The minimum absolute atomic E-state index is 0.895. The van der Waals surface area contributed by atoms with Crippen molar-refractivity contribution in [1.82, 2.24) is 0 Å². The molecule has 0 atom stereocenters. The number of rotatable bonds is 17. The third kappa shape index (κ3) is 19.7. The summed E-state index contributed by atoms with van der Waals surface area (Å²) in [6, 6.07) is 0. The second-order valence-corrected chi connectivity index (χ2v) is 7.21. The molecule has 0 aromatic heterocycles. The Morgan fingerprint density at radius 3 is 1.24 bits per heavy atom. The van der Waals surface area contributed by atoms with Crippen molar-refractivity contribution in [3.63, 3.8) is 0 Å². The molecule has 0 heterocycles. The summed E-state index contributed by atoms with van der Waals surface area (Å²) in [4.78, 5) is 0. The quantitative estimate of drug-likeness (QED) is 0.188. The van der Waals surface area contributed by atoms with Gasteiger partial charge in [-0.3, -0.25) is 0 Å². The monoisotopic (exact) mass is 294 g/mol. The Hall–Kier alpha value is -0.260. The fraction of sp³-hybridized carbons (Fsp3) is 0.905. The Bertz CT molecular complexity index is 192. The van der Waals surface area contributed by atoms with Gasteiger partial charge in [0.1, 0.15) is 0 Å². The van der Waals surface area contributed by atoms with Crippen LogP contribution in [-0.4, -0.2) is 0 Å². The number of unbranched alkanes of at least 4 members (excludes halogenated alkanes) is 14. The van der Waals surface area contributed by atoms with Crippen LogP contribution in [-0.2, 0) is 0 Å². The lowest BCUT2D eigenvalue weighted by molar-refractivity contribution is 0.502. The molecule has 0 saturated heterocycles. The van der Waals surface area contributed by atoms with Crippen molar-refractivity contribution in [3.05, 3.63) is 12.7 Å². The van der Waals surface area contributed by atoms with E-state index in [9.17, 15) is 0 Å². The van der Waals surface area contributed by atoms with Crippen molar-refractivity contribution in [1.29, 1.82) is 0 Å². The highest BCUT2D eigenvalue weighted by Crippen LogP contribution is 2.14. The normalized spacial score (nSPS) is 11.2. The van der Waals surface area contributed by atoms with Gasteiger partial charge in [-0.2, -0.15) is 0 Å². The largest absolute Gasteiger partial charge is 0.103 e. The topological polar surface area (TPSA) is 0 Å². The van der Waals surface area contributed by atoms with Crippen molar-refractivity contribution in [2.75, 3.05) is 0 Å². The van der Waals surface area contributed by atoms with Crippen molar-refractivity contribution >= 4 is 0 Å². The zero-order valence-corrected chi connectivity index (χ0v) is 15.2. The van der Waals surface area contributed by atoms with Gasteiger partial charge < -0.3 is 0 Å². The molecular weight excluding hydrogens is 252 g/mol. The molecule has 0 nitrogen and oxygen atoms in total. The molecule has 0 bridgehead atoms. The second kappa shape index (κ2) is 17.8. The maximum Gasteiger partial charge on any atom is -0.0353 e. The Morgan fingerprint density at radius 2 is 0.905 bits per heavy atom. The molecule has 0 aromatic rings. The number of allylic oxidation sites excluding steroid dienone is 1. The average molecular weight is 295 g/mol. The van der Waals surface area contributed by atoms with Gasteiger partial charge in [0.25, 0.3) is 0 Å². The van der Waals surface area contributed by atoms with Crippen LogP contribution in [0.1, 0.15) is 117 Å². The predicted molar refractivity (Wildman–Crippen MR) is 98.9 cm³/mol. The predicted octanol–water partition coefficient (Wildman–Crippen LogP) is 8.07. The van der Waals surface area contributed by atoms with Crippen LogP contribution >= 0.6 is 0 Å². The highest BCUT2D eigenvalue weighted by Gasteiger charge is 1.96. The standard InChI is InChI=1S/C21H42/c1-4-5-6-7-8-9-10-11-12-13-14-15-16-17-18-19-20-21(2)3/h4,21H,1,5-20H2,2-3H3. The summed E-state index contributed by atoms with van der Waals surface area (Å²) in [5, 5.41) is 0. The highest BCUT2D eigenvalue weighted by atomic mass is 14.0. The maximum absolute atomic E-state index is 3.77. The smallest absolute Gasteiger partial charge is 0.0353 e. The summed E-state index contributed by atoms with van der Waals surface area (Å²) in [7, 11) is 0. The number of hydrogen-bond donors (Lipinski definition) is 0. The summed E-state index contributed by atoms with van der Waals surface area (Å²) in [6.45, 7) is 8.44. The lowest BCUT2D eigenvalue weighted by atomic mass is 10.0. The second-order valence-electron chi connectivity index (χ2n) is 7.21. The summed E-state index contributed by atoms with van der Waals surface area (Å²) in [6.07, 6.45) is 25.0. The van der Waals surface area contributed by atoms with Crippen molar-refractivity contribution < 1.29 is 0 Å². The Morgan fingerprint density at radius 1 is 0.571 bits per heavy atom. The van der Waals surface area contributed by atoms with Gasteiger partial charge in [-0.15, -0.1) is 6.58 Å². The van der Waals surface area contributed by atoms with Crippen LogP contribution < -0.4 is 0 Å². The van der Waals surface area contributed by atoms with E-state index in [1.807, 2.05) is 6.08 Å². The first-order chi connectivity index (χ1) is 10.3. The first kappa shape index (κ1) is 20.7. The summed E-state index contributed by atoms with van der Waals surface area (Å²) < 4.78 is 0. The van der Waals surface area contributed by atoms with Gasteiger partial charge in [-0.05, 0) is 18.8 Å². The van der Waals surface area contributed by atoms with E-state index in [1.165, 1.54) is 103 Å². The van der Waals surface area contributed by atoms with Crippen molar-refractivity contribution in [2.45, 2.75) is 117 Å². The molecule has 0 aliphatic heterocycles. The van der Waals surface area contributed by atoms with Crippen LogP contribution in [0.4, 0.5) is 0 Å². The van der Waals surface area contributed by atoms with Gasteiger partial charge in [0.2, 0.25) is 0 Å². The highest BCUT2D eigenvalue weighted by molar-refractivity contribution is 4.65. The molecule has 0 aliphatic carbocycles. The van der Waals surface area contributed by atoms with E-state index < -0.39 is 0 Å². The molecule has 0 aliphatic rings. The third-order valence-corrected chi connectivity index (χ3v) is 4.44. The van der Waals surface area contributed by atoms with Crippen LogP contribution in [0.5, 0.6) is 0 Å². The Kier molecular flexibility index (Phi) is 17.6. The van der Waals surface area contributed by atoms with Gasteiger partial charge in [0.05, 0.1) is 0 Å². The number of hydrogen-bond acceptors (Lipinski definition) is 0. The van der Waals surface area contributed by atoms with E-state index in [0.29, 0.717) is 0 Å². The summed E-state index contributed by atoms with van der Waals surface area (Å²) in [5.74, 6) is 0.895. The maximum atomic E-state index is 3.77. The van der Waals surface area contributed by atoms with Crippen LogP contribution in [0, 0.1) is 5.92 Å². The molecule has 0 amide bonds. The van der Waals surface area contributed by atoms with Crippen molar-refractivity contribution in [2.24, 2.45) is 5.92 Å². The van der Waals surface area contributed by atoms with Crippen LogP contribution in [0.2, 0.25) is 0 Å². The third-order valence-electron chi connectivity index (χ3n) is 4.44. The van der Waals surface area contributed by atoms with E-state index in [1.54, 1.807) is 0 Å². The van der Waals surface area contributed by atoms with Crippen LogP contribution in [0.3, 0.4) is 0 Å². The molecule has 126 valence electrons. The zero-order valence-electron chi connectivity index (χ0n) is 15.2. The zero-order chi connectivity index (χ0) is 15.6. The molecule has 0 unspecified atom stereocenters. The van der Waals surface area contributed by atoms with Gasteiger partial charge in [-0.1, -0.05) is 110 Å². The molecular formula is C21H42. The molecule has 0 saturated carbocycles. The average Bonchev–Trinajstić information content (AvgIpc) is 2.46.